The van der Waals surface area contributed by atoms with Crippen LogP contribution in [0.4, 0.5) is 0 Å². The Bertz CT molecular complexity index is 533. The molecule has 0 radical (unpaired) electrons. The molecular formula is C15H18ClNS. The van der Waals surface area contributed by atoms with Crippen molar-refractivity contribution in [2.45, 2.75) is 33.4 Å². The van der Waals surface area contributed by atoms with E-state index in [0.717, 1.165) is 17.1 Å². The summed E-state index contributed by atoms with van der Waals surface area (Å²) in [7, 11) is 0. The van der Waals surface area contributed by atoms with E-state index in [2.05, 4.69) is 38.2 Å². The molecule has 0 saturated heterocycles. The normalized spacial score (nSPS) is 12.7. The molecule has 1 aromatic carbocycles. The predicted molar refractivity (Wildman–Crippen MR) is 80.5 cm³/mol. The molecule has 2 rings (SSSR count). The van der Waals surface area contributed by atoms with Gasteiger partial charge in [0.15, 0.2) is 0 Å². The van der Waals surface area contributed by atoms with Crippen molar-refractivity contribution < 1.29 is 0 Å². The quantitative estimate of drug-likeness (QED) is 0.842. The van der Waals surface area contributed by atoms with E-state index in [0.29, 0.717) is 0 Å². The molecular weight excluding hydrogens is 262 g/mol. The van der Waals surface area contributed by atoms with Crippen LogP contribution in [0, 0.1) is 13.8 Å². The van der Waals surface area contributed by atoms with Crippen LogP contribution in [-0.2, 0) is 6.54 Å². The molecule has 0 amide bonds. The molecule has 1 heterocycles. The lowest BCUT2D eigenvalue weighted by Gasteiger charge is -2.15. The highest BCUT2D eigenvalue weighted by molar-refractivity contribution is 7.12. The molecule has 1 atom stereocenters. The van der Waals surface area contributed by atoms with Crippen LogP contribution in [0.1, 0.15) is 33.8 Å². The second-order valence-corrected chi connectivity index (χ2v) is 6.43. The van der Waals surface area contributed by atoms with Gasteiger partial charge in [-0.3, -0.25) is 0 Å². The number of aryl methyl sites for hydroxylation is 2. The van der Waals surface area contributed by atoms with Gasteiger partial charge in [0.1, 0.15) is 0 Å². The SMILES string of the molecule is Cc1cc(CNC(C)c2ccccc2Cl)c(C)s1. The van der Waals surface area contributed by atoms with Crippen molar-refractivity contribution >= 4 is 22.9 Å². The zero-order chi connectivity index (χ0) is 13.1. The first-order valence-corrected chi connectivity index (χ1v) is 7.31. The Morgan fingerprint density at radius 1 is 1.28 bits per heavy atom. The van der Waals surface area contributed by atoms with Crippen LogP contribution >= 0.6 is 22.9 Å². The first-order chi connectivity index (χ1) is 8.58. The molecule has 0 aliphatic heterocycles. The molecule has 0 bridgehead atoms. The van der Waals surface area contributed by atoms with Gasteiger partial charge in [0.05, 0.1) is 0 Å². The zero-order valence-electron chi connectivity index (χ0n) is 11.0. The van der Waals surface area contributed by atoms with E-state index >= 15 is 0 Å². The van der Waals surface area contributed by atoms with E-state index in [4.69, 9.17) is 11.6 Å². The molecule has 1 aromatic heterocycles. The molecule has 0 fully saturated rings. The number of hydrogen-bond acceptors (Lipinski definition) is 2. The number of halogens is 1. The largest absolute Gasteiger partial charge is 0.306 e. The maximum Gasteiger partial charge on any atom is 0.0453 e. The van der Waals surface area contributed by atoms with E-state index in [9.17, 15) is 0 Å². The van der Waals surface area contributed by atoms with Gasteiger partial charge in [0.2, 0.25) is 0 Å². The Balaban J connectivity index is 2.03. The highest BCUT2D eigenvalue weighted by atomic mass is 35.5. The number of nitrogens with one attached hydrogen (secondary N) is 1. The van der Waals surface area contributed by atoms with Crippen LogP contribution < -0.4 is 5.32 Å². The minimum Gasteiger partial charge on any atom is -0.306 e. The number of rotatable bonds is 4. The number of hydrogen-bond donors (Lipinski definition) is 1. The molecule has 0 spiro atoms. The molecule has 0 aliphatic rings. The van der Waals surface area contributed by atoms with Gasteiger partial charge in [-0.15, -0.1) is 11.3 Å². The summed E-state index contributed by atoms with van der Waals surface area (Å²) < 4.78 is 0. The van der Waals surface area contributed by atoms with Gasteiger partial charge in [-0.2, -0.15) is 0 Å². The fraction of sp³-hybridized carbons (Fsp3) is 0.333. The fourth-order valence-electron chi connectivity index (χ4n) is 2.06. The Morgan fingerprint density at radius 2 is 2.00 bits per heavy atom. The van der Waals surface area contributed by atoms with Crippen molar-refractivity contribution in [2.75, 3.05) is 0 Å². The first-order valence-electron chi connectivity index (χ1n) is 6.11. The summed E-state index contributed by atoms with van der Waals surface area (Å²) in [5.74, 6) is 0. The van der Waals surface area contributed by atoms with Crippen LogP contribution in [0.15, 0.2) is 30.3 Å². The van der Waals surface area contributed by atoms with Gasteiger partial charge in [0.25, 0.3) is 0 Å². The van der Waals surface area contributed by atoms with Gasteiger partial charge < -0.3 is 5.32 Å². The van der Waals surface area contributed by atoms with Crippen molar-refractivity contribution in [3.8, 4) is 0 Å². The third kappa shape index (κ3) is 3.14. The van der Waals surface area contributed by atoms with Gasteiger partial charge in [-0.1, -0.05) is 29.8 Å². The monoisotopic (exact) mass is 279 g/mol. The molecule has 1 unspecified atom stereocenters. The molecule has 3 heteroatoms. The van der Waals surface area contributed by atoms with Crippen LogP contribution in [0.5, 0.6) is 0 Å². The summed E-state index contributed by atoms with van der Waals surface area (Å²) in [4.78, 5) is 2.76. The van der Waals surface area contributed by atoms with Crippen molar-refractivity contribution in [3.05, 3.63) is 56.2 Å². The molecule has 1 N–H and O–H groups in total. The third-order valence-electron chi connectivity index (χ3n) is 3.11. The van der Waals surface area contributed by atoms with E-state index < -0.39 is 0 Å². The molecule has 1 nitrogen and oxygen atoms in total. The second-order valence-electron chi connectivity index (χ2n) is 4.56. The summed E-state index contributed by atoms with van der Waals surface area (Å²) in [5, 5.41) is 4.36. The van der Waals surface area contributed by atoms with Gasteiger partial charge in [-0.25, -0.2) is 0 Å². The highest BCUT2D eigenvalue weighted by Gasteiger charge is 2.09. The Hall–Kier alpha value is -0.830. The lowest BCUT2D eigenvalue weighted by Crippen LogP contribution is -2.18. The fourth-order valence-corrected chi connectivity index (χ4v) is 3.30. The average molecular weight is 280 g/mol. The molecule has 18 heavy (non-hydrogen) atoms. The van der Waals surface area contributed by atoms with Crippen molar-refractivity contribution in [1.82, 2.24) is 5.32 Å². The van der Waals surface area contributed by atoms with Crippen molar-refractivity contribution in [2.24, 2.45) is 0 Å². The summed E-state index contributed by atoms with van der Waals surface area (Å²) in [6, 6.07) is 10.5. The average Bonchev–Trinajstić information content (AvgIpc) is 2.65. The summed E-state index contributed by atoms with van der Waals surface area (Å²) >= 11 is 8.05. The van der Waals surface area contributed by atoms with E-state index in [1.165, 1.54) is 15.3 Å². The number of thiophene rings is 1. The van der Waals surface area contributed by atoms with E-state index in [1.807, 2.05) is 29.5 Å². The van der Waals surface area contributed by atoms with Crippen LogP contribution in [0.2, 0.25) is 5.02 Å². The zero-order valence-corrected chi connectivity index (χ0v) is 12.5. The lowest BCUT2D eigenvalue weighted by atomic mass is 10.1. The minimum atomic E-state index is 0.262. The minimum absolute atomic E-state index is 0.262. The molecule has 0 aliphatic carbocycles. The van der Waals surface area contributed by atoms with E-state index in [1.54, 1.807) is 0 Å². The lowest BCUT2D eigenvalue weighted by molar-refractivity contribution is 0.574. The van der Waals surface area contributed by atoms with Gasteiger partial charge in [0, 0.05) is 27.4 Å². The summed E-state index contributed by atoms with van der Waals surface area (Å²) in [5.41, 5.74) is 2.54. The van der Waals surface area contributed by atoms with Gasteiger partial charge in [-0.05, 0) is 44.0 Å². The maximum atomic E-state index is 6.20. The van der Waals surface area contributed by atoms with E-state index in [-0.39, 0.29) is 6.04 Å². The van der Waals surface area contributed by atoms with Crippen LogP contribution in [0.3, 0.4) is 0 Å². The highest BCUT2D eigenvalue weighted by Crippen LogP contribution is 2.24. The Kier molecular flexibility index (Phi) is 4.44. The van der Waals surface area contributed by atoms with Crippen molar-refractivity contribution in [3.63, 3.8) is 0 Å². The summed E-state index contributed by atoms with van der Waals surface area (Å²) in [6.07, 6.45) is 0. The standard InChI is InChI=1S/C15H18ClNS/c1-10-8-13(12(3)18-10)9-17-11(2)14-6-4-5-7-15(14)16/h4-8,11,17H,9H2,1-3H3. The van der Waals surface area contributed by atoms with Gasteiger partial charge >= 0.3 is 0 Å². The summed E-state index contributed by atoms with van der Waals surface area (Å²) in [6.45, 7) is 7.37. The first kappa shape index (κ1) is 13.6. The predicted octanol–water partition coefficient (Wildman–Crippen LogP) is 4.87. The molecule has 2 aromatic rings. The topological polar surface area (TPSA) is 12.0 Å². The Morgan fingerprint density at radius 3 is 2.61 bits per heavy atom. The second kappa shape index (κ2) is 5.87. The number of benzene rings is 1. The third-order valence-corrected chi connectivity index (χ3v) is 4.47. The molecule has 0 saturated carbocycles. The Labute approximate surface area is 118 Å². The van der Waals surface area contributed by atoms with Crippen LogP contribution in [-0.4, -0.2) is 0 Å². The smallest absolute Gasteiger partial charge is 0.0453 e. The maximum absolute atomic E-state index is 6.20. The van der Waals surface area contributed by atoms with Crippen molar-refractivity contribution in [1.29, 1.82) is 0 Å². The molecule has 96 valence electrons. The van der Waals surface area contributed by atoms with Crippen LogP contribution in [0.25, 0.3) is 0 Å².